The second kappa shape index (κ2) is 5.85. The Morgan fingerprint density at radius 3 is 2.63 bits per heavy atom. The Balaban J connectivity index is 2.27. The molecule has 100 valence electrons. The van der Waals surface area contributed by atoms with Gasteiger partial charge in [0.15, 0.2) is 0 Å². The third-order valence-electron chi connectivity index (χ3n) is 3.23. The minimum atomic E-state index is -0.717. The number of aliphatic hydroxyl groups is 1. The highest BCUT2D eigenvalue weighted by atomic mass is 79.9. The van der Waals surface area contributed by atoms with Gasteiger partial charge in [-0.15, -0.1) is 0 Å². The minimum absolute atomic E-state index is 0.335. The van der Waals surface area contributed by atoms with Crippen LogP contribution in [0.25, 0.3) is 0 Å². The third kappa shape index (κ3) is 3.43. The molecule has 0 heterocycles. The molecule has 0 saturated heterocycles. The van der Waals surface area contributed by atoms with Crippen LogP contribution in [0.4, 0.5) is 4.39 Å². The van der Waals surface area contributed by atoms with E-state index in [1.165, 1.54) is 12.1 Å². The lowest BCUT2D eigenvalue weighted by atomic mass is 9.97. The fourth-order valence-corrected chi connectivity index (χ4v) is 2.62. The van der Waals surface area contributed by atoms with Gasteiger partial charge in [0.1, 0.15) is 5.82 Å². The van der Waals surface area contributed by atoms with Crippen LogP contribution in [0.2, 0.25) is 0 Å². The van der Waals surface area contributed by atoms with Gasteiger partial charge in [0, 0.05) is 10.9 Å². The zero-order valence-electron chi connectivity index (χ0n) is 11.0. The van der Waals surface area contributed by atoms with Crippen molar-refractivity contribution in [3.63, 3.8) is 0 Å². The predicted molar refractivity (Wildman–Crippen MR) is 78.7 cm³/mol. The molecule has 3 heteroatoms. The summed E-state index contributed by atoms with van der Waals surface area (Å²) in [7, 11) is 0. The number of halogens is 2. The van der Waals surface area contributed by atoms with Crippen molar-refractivity contribution in [3.8, 4) is 0 Å². The molecule has 0 amide bonds. The van der Waals surface area contributed by atoms with E-state index in [4.69, 9.17) is 0 Å². The molecular weight excluding hydrogens is 307 g/mol. The minimum Gasteiger partial charge on any atom is -0.388 e. The van der Waals surface area contributed by atoms with Crippen LogP contribution in [0.3, 0.4) is 0 Å². The summed E-state index contributed by atoms with van der Waals surface area (Å²) in [5, 5.41) is 10.3. The van der Waals surface area contributed by atoms with Crippen LogP contribution in [0.15, 0.2) is 40.9 Å². The maximum Gasteiger partial charge on any atom is 0.123 e. The molecule has 1 nitrogen and oxygen atoms in total. The lowest BCUT2D eigenvalue weighted by molar-refractivity contribution is 0.177. The molecule has 0 spiro atoms. The summed E-state index contributed by atoms with van der Waals surface area (Å²) in [5.74, 6) is -0.335. The van der Waals surface area contributed by atoms with Crippen molar-refractivity contribution in [2.75, 3.05) is 0 Å². The average Bonchev–Trinajstić information content (AvgIpc) is 2.36. The molecule has 0 fully saturated rings. The molecule has 2 aromatic carbocycles. The van der Waals surface area contributed by atoms with Crippen LogP contribution in [-0.2, 0) is 6.42 Å². The average molecular weight is 323 g/mol. The Bertz CT molecular complexity index is 595. The highest BCUT2D eigenvalue weighted by Crippen LogP contribution is 2.28. The van der Waals surface area contributed by atoms with Gasteiger partial charge in [-0.1, -0.05) is 39.7 Å². The monoisotopic (exact) mass is 322 g/mol. The Labute approximate surface area is 121 Å². The lowest BCUT2D eigenvalue weighted by Crippen LogP contribution is -2.05. The maximum atomic E-state index is 13.3. The van der Waals surface area contributed by atoms with Crippen molar-refractivity contribution in [1.82, 2.24) is 0 Å². The van der Waals surface area contributed by atoms with E-state index in [9.17, 15) is 9.50 Å². The Morgan fingerprint density at radius 1 is 1.16 bits per heavy atom. The van der Waals surface area contributed by atoms with Gasteiger partial charge in [-0.2, -0.15) is 0 Å². The summed E-state index contributed by atoms with van der Waals surface area (Å²) >= 11 is 3.35. The molecule has 0 aliphatic rings. The zero-order chi connectivity index (χ0) is 14.0. The quantitative estimate of drug-likeness (QED) is 0.883. The van der Waals surface area contributed by atoms with Crippen molar-refractivity contribution in [3.05, 3.63) is 68.9 Å². The van der Waals surface area contributed by atoms with Gasteiger partial charge in [0.2, 0.25) is 0 Å². The molecule has 19 heavy (non-hydrogen) atoms. The number of benzene rings is 2. The van der Waals surface area contributed by atoms with Crippen molar-refractivity contribution in [1.29, 1.82) is 0 Å². The Morgan fingerprint density at radius 2 is 1.89 bits per heavy atom. The van der Waals surface area contributed by atoms with Gasteiger partial charge >= 0.3 is 0 Å². The fourth-order valence-electron chi connectivity index (χ4n) is 2.11. The van der Waals surface area contributed by atoms with Crippen LogP contribution < -0.4 is 0 Å². The molecule has 0 bridgehead atoms. The van der Waals surface area contributed by atoms with Crippen molar-refractivity contribution < 1.29 is 9.50 Å². The van der Waals surface area contributed by atoms with Crippen molar-refractivity contribution in [2.24, 2.45) is 0 Å². The fraction of sp³-hybridized carbons (Fsp3) is 0.250. The van der Waals surface area contributed by atoms with Crippen molar-refractivity contribution in [2.45, 2.75) is 26.4 Å². The third-order valence-corrected chi connectivity index (χ3v) is 3.96. The Hall–Kier alpha value is -1.19. The van der Waals surface area contributed by atoms with Crippen LogP contribution >= 0.6 is 15.9 Å². The summed E-state index contributed by atoms with van der Waals surface area (Å²) in [6, 6.07) is 10.5. The van der Waals surface area contributed by atoms with E-state index in [1.54, 1.807) is 6.07 Å². The topological polar surface area (TPSA) is 20.2 Å². The van der Waals surface area contributed by atoms with E-state index in [-0.39, 0.29) is 5.82 Å². The van der Waals surface area contributed by atoms with Gasteiger partial charge in [-0.05, 0) is 48.7 Å². The number of aryl methyl sites for hydroxylation is 2. The molecule has 2 rings (SSSR count). The molecule has 0 aliphatic heterocycles. The number of rotatable bonds is 3. The summed E-state index contributed by atoms with van der Waals surface area (Å²) in [5.41, 5.74) is 3.97. The molecule has 1 N–H and O–H groups in total. The standard InChI is InChI=1S/C16H16BrFO/c1-10-3-4-11(2)12(7-10)8-16(19)14-9-13(18)5-6-15(14)17/h3-7,9,16,19H,8H2,1-2H3. The first-order valence-corrected chi connectivity index (χ1v) is 6.96. The number of hydrogen-bond donors (Lipinski definition) is 1. The van der Waals surface area contributed by atoms with Gasteiger partial charge in [0.25, 0.3) is 0 Å². The highest BCUT2D eigenvalue weighted by Gasteiger charge is 2.14. The SMILES string of the molecule is Cc1ccc(C)c(CC(O)c2cc(F)ccc2Br)c1. The molecule has 0 radical (unpaired) electrons. The highest BCUT2D eigenvalue weighted by molar-refractivity contribution is 9.10. The first kappa shape index (κ1) is 14.2. The van der Waals surface area contributed by atoms with Gasteiger partial charge in [0.05, 0.1) is 6.10 Å². The van der Waals surface area contributed by atoms with Crippen molar-refractivity contribution >= 4 is 15.9 Å². The Kier molecular flexibility index (Phi) is 4.38. The van der Waals surface area contributed by atoms with E-state index in [0.29, 0.717) is 12.0 Å². The summed E-state index contributed by atoms with van der Waals surface area (Å²) in [6.45, 7) is 4.04. The number of aliphatic hydroxyl groups excluding tert-OH is 1. The van der Waals surface area contributed by atoms with E-state index >= 15 is 0 Å². The number of hydrogen-bond acceptors (Lipinski definition) is 1. The van der Waals surface area contributed by atoms with E-state index in [0.717, 1.165) is 21.2 Å². The predicted octanol–water partition coefficient (Wildman–Crippen LogP) is 4.48. The van der Waals surface area contributed by atoms with Gasteiger partial charge < -0.3 is 5.11 Å². The zero-order valence-corrected chi connectivity index (χ0v) is 12.5. The van der Waals surface area contributed by atoms with Crippen LogP contribution in [0.1, 0.15) is 28.4 Å². The molecular formula is C16H16BrFO. The van der Waals surface area contributed by atoms with Gasteiger partial charge in [-0.25, -0.2) is 4.39 Å². The molecule has 1 unspecified atom stereocenters. The van der Waals surface area contributed by atoms with E-state index in [2.05, 4.69) is 22.0 Å². The summed E-state index contributed by atoms with van der Waals surface area (Å²) in [6.07, 6.45) is -0.235. The smallest absolute Gasteiger partial charge is 0.123 e. The molecule has 2 aromatic rings. The second-order valence-electron chi connectivity index (χ2n) is 4.82. The maximum absolute atomic E-state index is 13.3. The lowest BCUT2D eigenvalue weighted by Gasteiger charge is -2.15. The first-order chi connectivity index (χ1) is 8.97. The first-order valence-electron chi connectivity index (χ1n) is 6.16. The second-order valence-corrected chi connectivity index (χ2v) is 5.67. The summed E-state index contributed by atoms with van der Waals surface area (Å²) in [4.78, 5) is 0. The van der Waals surface area contributed by atoms with Crippen LogP contribution in [0.5, 0.6) is 0 Å². The largest absolute Gasteiger partial charge is 0.388 e. The van der Waals surface area contributed by atoms with Crippen LogP contribution in [-0.4, -0.2) is 5.11 Å². The van der Waals surface area contributed by atoms with Crippen LogP contribution in [0, 0.1) is 19.7 Å². The van der Waals surface area contributed by atoms with E-state index < -0.39 is 6.10 Å². The summed E-state index contributed by atoms with van der Waals surface area (Å²) < 4.78 is 14.0. The molecule has 0 aromatic heterocycles. The molecule has 0 aliphatic carbocycles. The molecule has 1 atom stereocenters. The normalized spacial score (nSPS) is 12.5. The van der Waals surface area contributed by atoms with Gasteiger partial charge in [-0.3, -0.25) is 0 Å². The van der Waals surface area contributed by atoms with E-state index in [1.807, 2.05) is 26.0 Å². The molecule has 0 saturated carbocycles.